The molecule has 0 aromatic carbocycles. The molecular formula is C14H27N3O3. The Morgan fingerprint density at radius 1 is 1.30 bits per heavy atom. The van der Waals surface area contributed by atoms with E-state index in [0.29, 0.717) is 12.6 Å². The average molecular weight is 285 g/mol. The van der Waals surface area contributed by atoms with E-state index in [-0.39, 0.29) is 12.6 Å². The normalized spacial score (nSPS) is 15.2. The molecule has 6 heteroatoms. The molecule has 1 rings (SSSR count). The summed E-state index contributed by atoms with van der Waals surface area (Å²) in [7, 11) is 0. The molecule has 0 saturated heterocycles. The van der Waals surface area contributed by atoms with Crippen molar-refractivity contribution in [2.75, 3.05) is 26.2 Å². The van der Waals surface area contributed by atoms with E-state index < -0.39 is 11.5 Å². The van der Waals surface area contributed by atoms with Gasteiger partial charge in [-0.25, -0.2) is 4.79 Å². The van der Waals surface area contributed by atoms with Crippen molar-refractivity contribution in [1.29, 1.82) is 0 Å². The van der Waals surface area contributed by atoms with E-state index >= 15 is 0 Å². The first-order chi connectivity index (χ1) is 9.25. The number of nitrogens with one attached hydrogen (secondary N) is 1. The monoisotopic (exact) mass is 285 g/mol. The quantitative estimate of drug-likeness (QED) is 0.741. The highest BCUT2D eigenvalue weighted by Crippen LogP contribution is 2.25. The van der Waals surface area contributed by atoms with Crippen LogP contribution in [-0.2, 0) is 4.79 Å². The molecule has 0 aromatic heterocycles. The van der Waals surface area contributed by atoms with Crippen LogP contribution < -0.4 is 5.32 Å². The van der Waals surface area contributed by atoms with Crippen molar-refractivity contribution in [3.05, 3.63) is 0 Å². The highest BCUT2D eigenvalue weighted by Gasteiger charge is 2.29. The van der Waals surface area contributed by atoms with E-state index in [2.05, 4.69) is 17.1 Å². The lowest BCUT2D eigenvalue weighted by atomic mass is 10.1. The molecule has 6 nitrogen and oxygen atoms in total. The minimum Gasteiger partial charge on any atom is -0.480 e. The highest BCUT2D eigenvalue weighted by molar-refractivity contribution is 5.80. The Bertz CT molecular complexity index is 348. The number of carboxylic acids is 1. The predicted molar refractivity (Wildman–Crippen MR) is 77.8 cm³/mol. The number of amides is 2. The summed E-state index contributed by atoms with van der Waals surface area (Å²) < 4.78 is 0. The molecule has 0 heterocycles. The summed E-state index contributed by atoms with van der Waals surface area (Å²) >= 11 is 0. The van der Waals surface area contributed by atoms with Crippen molar-refractivity contribution < 1.29 is 14.7 Å². The Morgan fingerprint density at radius 2 is 1.90 bits per heavy atom. The number of rotatable bonds is 7. The van der Waals surface area contributed by atoms with E-state index in [1.165, 1.54) is 17.7 Å². The third-order valence-corrected chi connectivity index (χ3v) is 3.49. The fourth-order valence-electron chi connectivity index (χ4n) is 2.19. The lowest BCUT2D eigenvalue weighted by Crippen LogP contribution is -2.53. The zero-order chi connectivity index (χ0) is 15.3. The number of carbonyl (C=O) groups is 2. The second-order valence-electron chi connectivity index (χ2n) is 6.24. The van der Waals surface area contributed by atoms with E-state index in [9.17, 15) is 9.59 Å². The van der Waals surface area contributed by atoms with Gasteiger partial charge in [-0.1, -0.05) is 6.92 Å². The number of hydrogen-bond acceptors (Lipinski definition) is 3. The van der Waals surface area contributed by atoms with Crippen LogP contribution in [0, 0.1) is 0 Å². The number of hydrogen-bond donors (Lipinski definition) is 2. The fourth-order valence-corrected chi connectivity index (χ4v) is 2.19. The maximum Gasteiger partial charge on any atom is 0.323 e. The zero-order valence-corrected chi connectivity index (χ0v) is 13.0. The molecule has 1 saturated carbocycles. The molecule has 1 aliphatic rings. The van der Waals surface area contributed by atoms with Gasteiger partial charge in [0.25, 0.3) is 0 Å². The average Bonchev–Trinajstić information content (AvgIpc) is 3.14. The molecular weight excluding hydrogens is 258 g/mol. The first kappa shape index (κ1) is 16.8. The topological polar surface area (TPSA) is 72.9 Å². The minimum atomic E-state index is -0.997. The molecule has 0 atom stereocenters. The van der Waals surface area contributed by atoms with Gasteiger partial charge in [-0.05, 0) is 40.2 Å². The van der Waals surface area contributed by atoms with Gasteiger partial charge in [-0.2, -0.15) is 0 Å². The largest absolute Gasteiger partial charge is 0.480 e. The lowest BCUT2D eigenvalue weighted by molar-refractivity contribution is -0.138. The third-order valence-electron chi connectivity index (χ3n) is 3.49. The van der Waals surface area contributed by atoms with Gasteiger partial charge in [-0.15, -0.1) is 0 Å². The van der Waals surface area contributed by atoms with Gasteiger partial charge in [0.15, 0.2) is 0 Å². The SMILES string of the molecule is CCN(CCNC(=O)N(CC(=O)O)C(C)(C)C)C1CC1. The Labute approximate surface area is 121 Å². The second kappa shape index (κ2) is 6.92. The van der Waals surface area contributed by atoms with Crippen LogP contribution in [0.5, 0.6) is 0 Å². The summed E-state index contributed by atoms with van der Waals surface area (Å²) in [6.45, 7) is 9.68. The van der Waals surface area contributed by atoms with Crippen molar-refractivity contribution in [3.63, 3.8) is 0 Å². The summed E-state index contributed by atoms with van der Waals surface area (Å²) in [6.07, 6.45) is 2.49. The van der Waals surface area contributed by atoms with E-state index in [0.717, 1.165) is 13.1 Å². The van der Waals surface area contributed by atoms with Gasteiger partial charge in [0.2, 0.25) is 0 Å². The maximum absolute atomic E-state index is 12.1. The molecule has 20 heavy (non-hydrogen) atoms. The number of aliphatic carboxylic acids is 1. The predicted octanol–water partition coefficient (Wildman–Crippen LogP) is 1.37. The van der Waals surface area contributed by atoms with Crippen molar-refractivity contribution in [2.24, 2.45) is 0 Å². The molecule has 1 aliphatic carbocycles. The maximum atomic E-state index is 12.1. The minimum absolute atomic E-state index is 0.282. The molecule has 0 bridgehead atoms. The van der Waals surface area contributed by atoms with Crippen LogP contribution in [0.2, 0.25) is 0 Å². The molecule has 0 unspecified atom stereocenters. The number of carboxylic acid groups (broad SMARTS) is 1. The molecule has 0 aliphatic heterocycles. The molecule has 116 valence electrons. The van der Waals surface area contributed by atoms with Crippen LogP contribution in [0.25, 0.3) is 0 Å². The summed E-state index contributed by atoms with van der Waals surface area (Å²) in [5.41, 5.74) is -0.511. The standard InChI is InChI=1S/C14H27N3O3/c1-5-16(11-6-7-11)9-8-15-13(20)17(10-12(18)19)14(2,3)4/h11H,5-10H2,1-4H3,(H,15,20)(H,18,19). The van der Waals surface area contributed by atoms with Crippen LogP contribution in [-0.4, -0.2) is 64.7 Å². The molecule has 0 spiro atoms. The van der Waals surface area contributed by atoms with Gasteiger partial charge < -0.3 is 15.3 Å². The van der Waals surface area contributed by atoms with Crippen molar-refractivity contribution >= 4 is 12.0 Å². The molecule has 2 amide bonds. The summed E-state index contributed by atoms with van der Waals surface area (Å²) in [6, 6.07) is 0.362. The lowest BCUT2D eigenvalue weighted by Gasteiger charge is -2.34. The fraction of sp³-hybridized carbons (Fsp3) is 0.857. The van der Waals surface area contributed by atoms with E-state index in [1.54, 1.807) is 0 Å². The number of urea groups is 1. The highest BCUT2D eigenvalue weighted by atomic mass is 16.4. The molecule has 1 fully saturated rings. The summed E-state index contributed by atoms with van der Waals surface area (Å²) in [5, 5.41) is 11.7. The van der Waals surface area contributed by atoms with Crippen LogP contribution in [0.1, 0.15) is 40.5 Å². The smallest absolute Gasteiger partial charge is 0.323 e. The number of nitrogens with zero attached hydrogens (tertiary/aromatic N) is 2. The molecule has 2 N–H and O–H groups in total. The van der Waals surface area contributed by atoms with Gasteiger partial charge in [0.05, 0.1) is 0 Å². The Hall–Kier alpha value is -1.30. The van der Waals surface area contributed by atoms with Gasteiger partial charge >= 0.3 is 12.0 Å². The van der Waals surface area contributed by atoms with Crippen LogP contribution in [0.3, 0.4) is 0 Å². The van der Waals surface area contributed by atoms with E-state index in [1.807, 2.05) is 20.8 Å². The van der Waals surface area contributed by atoms with Gasteiger partial charge in [-0.3, -0.25) is 9.69 Å². The van der Waals surface area contributed by atoms with Gasteiger partial charge in [0, 0.05) is 24.7 Å². The molecule has 0 aromatic rings. The third kappa shape index (κ3) is 5.36. The van der Waals surface area contributed by atoms with Crippen LogP contribution >= 0.6 is 0 Å². The Kier molecular flexibility index (Phi) is 5.80. The summed E-state index contributed by atoms with van der Waals surface area (Å²) in [4.78, 5) is 26.7. The first-order valence-electron chi connectivity index (χ1n) is 7.27. The van der Waals surface area contributed by atoms with Crippen LogP contribution in [0.4, 0.5) is 4.79 Å². The molecule has 0 radical (unpaired) electrons. The number of carbonyl (C=O) groups excluding carboxylic acids is 1. The Balaban J connectivity index is 2.43. The zero-order valence-electron chi connectivity index (χ0n) is 13.0. The van der Waals surface area contributed by atoms with E-state index in [4.69, 9.17) is 5.11 Å². The van der Waals surface area contributed by atoms with Crippen molar-refractivity contribution in [2.45, 2.75) is 52.1 Å². The number of likely N-dealkylation sites (N-methyl/N-ethyl adjacent to an activating group) is 1. The van der Waals surface area contributed by atoms with Crippen molar-refractivity contribution in [1.82, 2.24) is 15.1 Å². The first-order valence-corrected chi connectivity index (χ1v) is 7.27. The second-order valence-corrected chi connectivity index (χ2v) is 6.24. The van der Waals surface area contributed by atoms with Crippen molar-refractivity contribution in [3.8, 4) is 0 Å². The van der Waals surface area contributed by atoms with Gasteiger partial charge in [0.1, 0.15) is 6.54 Å². The van der Waals surface area contributed by atoms with Crippen LogP contribution in [0.15, 0.2) is 0 Å². The summed E-state index contributed by atoms with van der Waals surface area (Å²) in [5.74, 6) is -0.997. The Morgan fingerprint density at radius 3 is 2.30 bits per heavy atom.